The van der Waals surface area contributed by atoms with Crippen molar-refractivity contribution < 1.29 is 27.5 Å². The van der Waals surface area contributed by atoms with Gasteiger partial charge in [-0.2, -0.15) is 0 Å². The summed E-state index contributed by atoms with van der Waals surface area (Å²) in [5.74, 6) is -0.548. The fourth-order valence-electron chi connectivity index (χ4n) is 3.01. The van der Waals surface area contributed by atoms with Gasteiger partial charge in [0.15, 0.2) is 10.6 Å². The predicted octanol–water partition coefficient (Wildman–Crippen LogP) is 4.15. The third-order valence-corrected chi connectivity index (χ3v) is 6.84. The van der Waals surface area contributed by atoms with Crippen LogP contribution in [0.4, 0.5) is 11.4 Å². The molecular weight excluding hydrogens is 440 g/mol. The predicted molar refractivity (Wildman–Crippen MR) is 121 cm³/mol. The second kappa shape index (κ2) is 8.94. The van der Waals surface area contributed by atoms with Crippen LogP contribution in [0.1, 0.15) is 29.1 Å². The zero-order chi connectivity index (χ0) is 22.8. The molecule has 0 aliphatic carbocycles. The van der Waals surface area contributed by atoms with Crippen LogP contribution < -0.4 is 14.8 Å². The van der Waals surface area contributed by atoms with Gasteiger partial charge < -0.3 is 14.8 Å². The highest BCUT2D eigenvalue weighted by Crippen LogP contribution is 2.40. The molecule has 2 N–H and O–H groups in total. The van der Waals surface area contributed by atoms with Gasteiger partial charge in [-0.1, -0.05) is 6.07 Å². The number of hydrogen-bond acceptors (Lipinski definition) is 7. The van der Waals surface area contributed by atoms with E-state index in [1.165, 1.54) is 31.4 Å². The molecule has 0 bridgehead atoms. The largest absolute Gasteiger partial charge is 0.491 e. The lowest BCUT2D eigenvalue weighted by Gasteiger charge is -2.14. The van der Waals surface area contributed by atoms with E-state index in [1.54, 1.807) is 44.2 Å². The number of rotatable bonds is 7. The molecule has 0 fully saturated rings. The van der Waals surface area contributed by atoms with Crippen molar-refractivity contribution in [1.29, 1.82) is 0 Å². The average Bonchev–Trinajstić information content (AvgIpc) is 3.06. The Kier molecular flexibility index (Phi) is 6.51. The lowest BCUT2D eigenvalue weighted by atomic mass is 10.2. The number of sulfonamides is 1. The molecule has 0 aliphatic heterocycles. The molecule has 10 heteroatoms. The minimum atomic E-state index is -4.01. The standard InChI is InChI=1S/C21H22N2O6S2/c1-5-29-19-15-11-14(7-9-17(15)30-20(19)21(25)28-4)23-31(26,27)18-10-12(2)6-8-16(18)22-13(3)24/h6-11,23H,5H2,1-4H3,(H,22,24). The molecule has 164 valence electrons. The summed E-state index contributed by atoms with van der Waals surface area (Å²) in [6, 6.07) is 9.65. The van der Waals surface area contributed by atoms with Crippen LogP contribution in [0.25, 0.3) is 10.1 Å². The Morgan fingerprint density at radius 3 is 2.52 bits per heavy atom. The maximum atomic E-state index is 13.1. The van der Waals surface area contributed by atoms with Gasteiger partial charge in [0.2, 0.25) is 5.91 Å². The van der Waals surface area contributed by atoms with Crippen molar-refractivity contribution in [3.8, 4) is 5.75 Å². The monoisotopic (exact) mass is 462 g/mol. The van der Waals surface area contributed by atoms with Gasteiger partial charge >= 0.3 is 5.97 Å². The van der Waals surface area contributed by atoms with Gasteiger partial charge in [0.25, 0.3) is 10.0 Å². The number of nitrogens with one attached hydrogen (secondary N) is 2. The highest BCUT2D eigenvalue weighted by Gasteiger charge is 2.23. The van der Waals surface area contributed by atoms with Gasteiger partial charge in [0.1, 0.15) is 4.90 Å². The van der Waals surface area contributed by atoms with E-state index < -0.39 is 16.0 Å². The Morgan fingerprint density at radius 2 is 1.87 bits per heavy atom. The summed E-state index contributed by atoms with van der Waals surface area (Å²) in [6.45, 7) is 5.19. The van der Waals surface area contributed by atoms with Crippen LogP contribution in [0.3, 0.4) is 0 Å². The van der Waals surface area contributed by atoms with E-state index in [4.69, 9.17) is 9.47 Å². The maximum Gasteiger partial charge on any atom is 0.351 e. The molecule has 3 rings (SSSR count). The molecule has 3 aromatic rings. The van der Waals surface area contributed by atoms with Crippen LogP contribution in [-0.4, -0.2) is 34.0 Å². The normalized spacial score (nSPS) is 11.2. The number of hydrogen-bond donors (Lipinski definition) is 2. The van der Waals surface area contributed by atoms with Crippen molar-refractivity contribution in [2.75, 3.05) is 23.8 Å². The fraction of sp³-hybridized carbons (Fsp3) is 0.238. The maximum absolute atomic E-state index is 13.1. The Morgan fingerprint density at radius 1 is 1.13 bits per heavy atom. The molecule has 1 heterocycles. The number of esters is 1. The summed E-state index contributed by atoms with van der Waals surface area (Å²) in [5.41, 5.74) is 1.20. The van der Waals surface area contributed by atoms with Gasteiger partial charge in [-0.15, -0.1) is 11.3 Å². The molecule has 0 saturated heterocycles. The van der Waals surface area contributed by atoms with E-state index in [0.717, 1.165) is 10.3 Å². The van der Waals surface area contributed by atoms with E-state index in [2.05, 4.69) is 10.0 Å². The molecule has 0 radical (unpaired) electrons. The average molecular weight is 463 g/mol. The summed E-state index contributed by atoms with van der Waals surface area (Å²) < 4.78 is 40.0. The Bertz CT molecular complexity index is 1260. The second-order valence-electron chi connectivity index (χ2n) is 6.68. The smallest absolute Gasteiger partial charge is 0.351 e. The number of carbonyl (C=O) groups excluding carboxylic acids is 2. The molecule has 0 saturated carbocycles. The summed E-state index contributed by atoms with van der Waals surface area (Å²) in [5, 5.41) is 3.14. The van der Waals surface area contributed by atoms with Gasteiger partial charge in [-0.25, -0.2) is 13.2 Å². The topological polar surface area (TPSA) is 111 Å². The van der Waals surface area contributed by atoms with Crippen LogP contribution in [0, 0.1) is 6.92 Å². The molecule has 1 aromatic heterocycles. The number of thiophene rings is 1. The number of benzene rings is 2. The molecule has 0 atom stereocenters. The molecule has 8 nitrogen and oxygen atoms in total. The van der Waals surface area contributed by atoms with Crippen LogP contribution in [0.5, 0.6) is 5.75 Å². The van der Waals surface area contributed by atoms with E-state index in [9.17, 15) is 18.0 Å². The first-order valence-electron chi connectivity index (χ1n) is 9.35. The highest BCUT2D eigenvalue weighted by atomic mass is 32.2. The van der Waals surface area contributed by atoms with Crippen molar-refractivity contribution in [3.05, 3.63) is 46.8 Å². The molecule has 0 aliphatic rings. The van der Waals surface area contributed by atoms with E-state index in [1.807, 2.05) is 0 Å². The summed E-state index contributed by atoms with van der Waals surface area (Å²) in [7, 11) is -2.73. The lowest BCUT2D eigenvalue weighted by Crippen LogP contribution is -2.17. The quantitative estimate of drug-likeness (QED) is 0.510. The van der Waals surface area contributed by atoms with Gasteiger partial charge in [0, 0.05) is 22.7 Å². The van der Waals surface area contributed by atoms with Crippen LogP contribution in [0.2, 0.25) is 0 Å². The number of anilines is 2. The van der Waals surface area contributed by atoms with Gasteiger partial charge in [0.05, 0.1) is 19.4 Å². The van der Waals surface area contributed by atoms with Crippen molar-refractivity contribution in [1.82, 2.24) is 0 Å². The second-order valence-corrected chi connectivity index (χ2v) is 9.39. The molecule has 0 spiro atoms. The molecule has 31 heavy (non-hydrogen) atoms. The molecule has 0 unspecified atom stereocenters. The number of carbonyl (C=O) groups is 2. The number of fused-ring (bicyclic) bond motifs is 1. The third kappa shape index (κ3) is 4.80. The molecule has 2 aromatic carbocycles. The third-order valence-electron chi connectivity index (χ3n) is 4.29. The first kappa shape index (κ1) is 22.6. The number of aryl methyl sites for hydroxylation is 1. The minimum Gasteiger partial charge on any atom is -0.491 e. The highest BCUT2D eigenvalue weighted by molar-refractivity contribution is 7.92. The molecular formula is C21H22N2O6S2. The summed E-state index contributed by atoms with van der Waals surface area (Å²) >= 11 is 1.21. The number of ether oxygens (including phenoxy) is 2. The van der Waals surface area contributed by atoms with Crippen molar-refractivity contribution in [3.63, 3.8) is 0 Å². The van der Waals surface area contributed by atoms with Gasteiger partial charge in [-0.3, -0.25) is 9.52 Å². The number of methoxy groups -OCH3 is 1. The van der Waals surface area contributed by atoms with Crippen molar-refractivity contribution in [2.24, 2.45) is 0 Å². The van der Waals surface area contributed by atoms with E-state index in [-0.39, 0.29) is 22.2 Å². The summed E-state index contributed by atoms with van der Waals surface area (Å²) in [4.78, 5) is 23.8. The zero-order valence-electron chi connectivity index (χ0n) is 17.4. The zero-order valence-corrected chi connectivity index (χ0v) is 19.1. The SMILES string of the molecule is CCOc1c(C(=O)OC)sc2ccc(NS(=O)(=O)c3cc(C)ccc3NC(C)=O)cc12. The van der Waals surface area contributed by atoms with Crippen molar-refractivity contribution in [2.45, 2.75) is 25.7 Å². The minimum absolute atomic E-state index is 0.0478. The van der Waals surface area contributed by atoms with Gasteiger partial charge in [-0.05, 0) is 49.7 Å². The van der Waals surface area contributed by atoms with Crippen LogP contribution in [-0.2, 0) is 19.6 Å². The first-order chi connectivity index (χ1) is 14.7. The summed E-state index contributed by atoms with van der Waals surface area (Å²) in [6.07, 6.45) is 0. The lowest BCUT2D eigenvalue weighted by molar-refractivity contribution is -0.114. The first-order valence-corrected chi connectivity index (χ1v) is 11.6. The fourth-order valence-corrected chi connectivity index (χ4v) is 5.35. The Labute approximate surface area is 184 Å². The van der Waals surface area contributed by atoms with E-state index >= 15 is 0 Å². The van der Waals surface area contributed by atoms with Crippen LogP contribution >= 0.6 is 11.3 Å². The molecule has 1 amide bonds. The Balaban J connectivity index is 2.05. The van der Waals surface area contributed by atoms with E-state index in [0.29, 0.717) is 22.6 Å². The van der Waals surface area contributed by atoms with Crippen molar-refractivity contribution >= 4 is 54.7 Å². The number of amides is 1. The Hall–Kier alpha value is -3.11. The van der Waals surface area contributed by atoms with Crippen LogP contribution in [0.15, 0.2) is 41.3 Å².